The Morgan fingerprint density at radius 3 is 2.07 bits per heavy atom. The lowest BCUT2D eigenvalue weighted by Gasteiger charge is -2.73. The average Bonchev–Trinajstić information content (AvgIpc) is 3.13. The lowest BCUT2D eigenvalue weighted by atomic mass is 9.33. The molecule has 4 saturated carbocycles. The van der Waals surface area contributed by atoms with E-state index in [9.17, 15) is 40.9 Å². The molecule has 0 radical (unpaired) electrons. The van der Waals surface area contributed by atoms with E-state index in [0.29, 0.717) is 12.8 Å². The van der Waals surface area contributed by atoms with E-state index in [4.69, 9.17) is 23.7 Å². The van der Waals surface area contributed by atoms with E-state index in [1.807, 2.05) is 7.11 Å². The fraction of sp³-hybridized carbons (Fsp3) is 0.953. The molecule has 0 amide bonds. The van der Waals surface area contributed by atoms with Gasteiger partial charge in [0.05, 0.1) is 37.6 Å². The summed E-state index contributed by atoms with van der Waals surface area (Å²) in [5.74, 6) is 0.413. The van der Waals surface area contributed by atoms with Gasteiger partial charge in [-0.15, -0.1) is 0 Å². The van der Waals surface area contributed by atoms with Gasteiger partial charge in [-0.3, -0.25) is 0 Å². The number of hydrogen-bond donors (Lipinski definition) is 8. The summed E-state index contributed by atoms with van der Waals surface area (Å²) in [7, 11) is 1.82. The largest absolute Gasteiger partial charge is 0.396 e. The molecule has 8 N–H and O–H groups in total. The number of aliphatic hydroxyl groups excluding tert-OH is 8. The molecule has 13 heteroatoms. The lowest BCUT2D eigenvalue weighted by Crippen LogP contribution is -2.69. The van der Waals surface area contributed by atoms with Crippen LogP contribution in [-0.4, -0.2) is 141 Å². The summed E-state index contributed by atoms with van der Waals surface area (Å²) in [6, 6.07) is 0. The van der Waals surface area contributed by atoms with Crippen LogP contribution >= 0.6 is 0 Å². The van der Waals surface area contributed by atoms with Gasteiger partial charge in [0, 0.05) is 18.4 Å². The highest BCUT2D eigenvalue weighted by atomic mass is 16.7. The topological polar surface area (TPSA) is 208 Å². The summed E-state index contributed by atoms with van der Waals surface area (Å²) in [6.45, 7) is 17.3. The van der Waals surface area contributed by atoms with Gasteiger partial charge in [-0.25, -0.2) is 0 Å². The molecule has 0 unspecified atom stereocenters. The van der Waals surface area contributed by atoms with Gasteiger partial charge in [0.15, 0.2) is 12.6 Å². The highest BCUT2D eigenvalue weighted by molar-refractivity contribution is 5.37. The lowest BCUT2D eigenvalue weighted by molar-refractivity contribution is -0.367. The van der Waals surface area contributed by atoms with Crippen LogP contribution in [0.15, 0.2) is 11.6 Å². The molecule has 0 aromatic carbocycles. The van der Waals surface area contributed by atoms with Crippen LogP contribution in [0, 0.1) is 50.2 Å². The predicted octanol–water partition coefficient (Wildman–Crippen LogP) is 2.41. The first-order chi connectivity index (χ1) is 26.1. The smallest absolute Gasteiger partial charge is 0.187 e. The minimum Gasteiger partial charge on any atom is -0.396 e. The highest BCUT2D eigenvalue weighted by Crippen LogP contribution is 2.76. The summed E-state index contributed by atoms with van der Waals surface area (Å²) in [5, 5.41) is 86.7. The summed E-state index contributed by atoms with van der Waals surface area (Å²) in [5.41, 5.74) is -0.117. The maximum absolute atomic E-state index is 12.1. The fourth-order valence-electron chi connectivity index (χ4n) is 14.0. The third kappa shape index (κ3) is 6.26. The van der Waals surface area contributed by atoms with Crippen LogP contribution in [0.1, 0.15) is 107 Å². The Balaban J connectivity index is 1.15. The Hall–Kier alpha value is -0.780. The monoisotopic (exact) mass is 796 g/mol. The zero-order valence-corrected chi connectivity index (χ0v) is 35.0. The van der Waals surface area contributed by atoms with Crippen LogP contribution in [0.3, 0.4) is 0 Å². The number of allylic oxidation sites excluding steroid dienone is 1. The van der Waals surface area contributed by atoms with Gasteiger partial charge in [0.2, 0.25) is 0 Å². The van der Waals surface area contributed by atoms with Crippen molar-refractivity contribution in [3.8, 4) is 0 Å². The van der Waals surface area contributed by atoms with Crippen molar-refractivity contribution in [3.63, 3.8) is 0 Å². The zero-order chi connectivity index (χ0) is 41.1. The molecule has 5 aliphatic carbocycles. The van der Waals surface area contributed by atoms with Gasteiger partial charge < -0.3 is 64.5 Å². The summed E-state index contributed by atoms with van der Waals surface area (Å²) in [4.78, 5) is 0. The number of ether oxygens (including phenoxy) is 5. The molecule has 0 bridgehead atoms. The van der Waals surface area contributed by atoms with Crippen molar-refractivity contribution in [2.75, 3.05) is 20.3 Å². The summed E-state index contributed by atoms with van der Waals surface area (Å²) in [6.07, 6.45) is -5.92. The van der Waals surface area contributed by atoms with Crippen LogP contribution in [0.4, 0.5) is 0 Å². The molecule has 13 nitrogen and oxygen atoms in total. The average molecular weight is 797 g/mol. The molecular weight excluding hydrogens is 724 g/mol. The number of aliphatic hydroxyl groups is 8. The number of rotatable bonds is 7. The molecule has 56 heavy (non-hydrogen) atoms. The number of fused-ring (bicyclic) bond motifs is 7. The predicted molar refractivity (Wildman–Crippen MR) is 204 cm³/mol. The highest BCUT2D eigenvalue weighted by Gasteiger charge is 2.72. The normalized spacial score (nSPS) is 55.2. The first-order valence-electron chi connectivity index (χ1n) is 21.2. The number of methoxy groups -OCH3 is 1. The van der Waals surface area contributed by atoms with Crippen molar-refractivity contribution in [1.29, 1.82) is 0 Å². The zero-order valence-electron chi connectivity index (χ0n) is 35.0. The maximum atomic E-state index is 12.1. The molecular formula is C43H72O13. The second-order valence-corrected chi connectivity index (χ2v) is 21.2. The minimum absolute atomic E-state index is 0.0206. The fourth-order valence-corrected chi connectivity index (χ4v) is 14.0. The second kappa shape index (κ2) is 14.7. The summed E-state index contributed by atoms with van der Waals surface area (Å²) >= 11 is 0. The molecule has 322 valence electrons. The molecule has 2 heterocycles. The van der Waals surface area contributed by atoms with Crippen molar-refractivity contribution < 1.29 is 64.5 Å². The van der Waals surface area contributed by atoms with E-state index in [0.717, 1.165) is 38.5 Å². The van der Waals surface area contributed by atoms with Crippen LogP contribution in [0.2, 0.25) is 0 Å². The molecule has 0 spiro atoms. The molecule has 0 aromatic heterocycles. The summed E-state index contributed by atoms with van der Waals surface area (Å²) < 4.78 is 30.8. The Morgan fingerprint density at radius 1 is 0.750 bits per heavy atom. The SMILES string of the molecule is CO[C@@H]1C=C2[C@@H]3CC(C)(C)CC[C@]3(CO)[C@@H](O)C[C@@]2(C)[C@]2(C)CC[C@H]3C(C)(C)[C@@H](O[C@@H]4O[C@H](C)[C@H](O)[C@H](O[C@@H]5O[C@H](CO)[C@@H](O)[C@H](O)[C@H]5O)[C@H]4O)CC[C@]3(C)[C@@H]12. The third-order valence-corrected chi connectivity index (χ3v) is 17.5. The second-order valence-electron chi connectivity index (χ2n) is 21.2. The Morgan fingerprint density at radius 2 is 1.43 bits per heavy atom. The van der Waals surface area contributed by atoms with Crippen LogP contribution < -0.4 is 0 Å². The third-order valence-electron chi connectivity index (χ3n) is 17.5. The minimum atomic E-state index is -1.70. The van der Waals surface area contributed by atoms with E-state index >= 15 is 0 Å². The van der Waals surface area contributed by atoms with E-state index in [2.05, 4.69) is 54.5 Å². The Kier molecular flexibility index (Phi) is 11.4. The molecule has 0 aromatic rings. The van der Waals surface area contributed by atoms with Crippen molar-refractivity contribution in [2.24, 2.45) is 50.2 Å². The molecule has 20 atom stereocenters. The van der Waals surface area contributed by atoms with Crippen molar-refractivity contribution in [2.45, 2.75) is 186 Å². The van der Waals surface area contributed by atoms with E-state index in [-0.39, 0.29) is 63.6 Å². The van der Waals surface area contributed by atoms with Crippen LogP contribution in [0.25, 0.3) is 0 Å². The molecule has 2 aliphatic heterocycles. The van der Waals surface area contributed by atoms with Crippen LogP contribution in [0.5, 0.6) is 0 Å². The Bertz CT molecular complexity index is 1470. The molecule has 7 rings (SSSR count). The van der Waals surface area contributed by atoms with Gasteiger partial charge in [-0.05, 0) is 97.2 Å². The Labute approximate surface area is 332 Å². The van der Waals surface area contributed by atoms with E-state index in [1.54, 1.807) is 6.92 Å². The van der Waals surface area contributed by atoms with Gasteiger partial charge in [-0.2, -0.15) is 0 Å². The van der Waals surface area contributed by atoms with Crippen molar-refractivity contribution >= 4 is 0 Å². The van der Waals surface area contributed by atoms with Gasteiger partial charge >= 0.3 is 0 Å². The van der Waals surface area contributed by atoms with Crippen molar-refractivity contribution in [3.05, 3.63) is 11.6 Å². The van der Waals surface area contributed by atoms with E-state index in [1.165, 1.54) is 5.57 Å². The van der Waals surface area contributed by atoms with E-state index < -0.39 is 79.5 Å². The first kappa shape index (κ1) is 43.3. The molecule has 7 aliphatic rings. The van der Waals surface area contributed by atoms with Gasteiger partial charge in [0.1, 0.15) is 42.7 Å². The van der Waals surface area contributed by atoms with Crippen LogP contribution in [-0.2, 0) is 23.7 Å². The van der Waals surface area contributed by atoms with Gasteiger partial charge in [0.25, 0.3) is 0 Å². The first-order valence-corrected chi connectivity index (χ1v) is 21.2. The van der Waals surface area contributed by atoms with Crippen molar-refractivity contribution in [1.82, 2.24) is 0 Å². The molecule has 2 saturated heterocycles. The standard InChI is InChI=1S/C43H72O13/c1-21-29(47)34(56-36-32(50)31(49)30(48)25(19-44)54-36)33(51)37(53-21)55-28-11-12-40(6)26(39(28,4)5)10-13-41(7)35(40)24(52-9)16-22-23-17-38(2,3)14-15-43(23,20-45)27(46)18-42(22,41)8/h16,21,23-37,44-51H,10-15,17-20H2,1-9H3/t21-,23+,24-,25-,26+,27+,28+,29+,30-,31+,32-,33-,34+,35-,36+,37+,40+,41-,42-,43-/m1/s1. The number of hydrogen-bond acceptors (Lipinski definition) is 13. The molecule has 6 fully saturated rings. The quantitative estimate of drug-likeness (QED) is 0.138. The maximum Gasteiger partial charge on any atom is 0.187 e. The van der Waals surface area contributed by atoms with Gasteiger partial charge in [-0.1, -0.05) is 60.1 Å².